The van der Waals surface area contributed by atoms with E-state index >= 15 is 0 Å². The number of carbonyl (C=O) groups is 1. The maximum atomic E-state index is 11.9. The summed E-state index contributed by atoms with van der Waals surface area (Å²) in [6.45, 7) is 7.21. The quantitative estimate of drug-likeness (QED) is 0.767. The second-order valence-corrected chi connectivity index (χ2v) is 5.00. The van der Waals surface area contributed by atoms with Crippen LogP contribution in [-0.4, -0.2) is 55.1 Å². The van der Waals surface area contributed by atoms with Gasteiger partial charge in [-0.2, -0.15) is 5.10 Å². The van der Waals surface area contributed by atoms with E-state index in [1.165, 1.54) is 0 Å². The van der Waals surface area contributed by atoms with Crippen molar-refractivity contribution in [3.8, 4) is 0 Å². The van der Waals surface area contributed by atoms with Gasteiger partial charge in [0.2, 0.25) is 0 Å². The smallest absolute Gasteiger partial charge is 0.322 e. The molecule has 104 valence electrons. The molecule has 1 aromatic heterocycles. The van der Waals surface area contributed by atoms with E-state index < -0.39 is 0 Å². The largest absolute Gasteiger partial charge is 0.351 e. The highest BCUT2D eigenvalue weighted by atomic mass is 16.2. The van der Waals surface area contributed by atoms with Crippen molar-refractivity contribution in [2.45, 2.75) is 6.92 Å². The van der Waals surface area contributed by atoms with E-state index in [2.05, 4.69) is 20.6 Å². The van der Waals surface area contributed by atoms with E-state index in [0.29, 0.717) is 13.1 Å². The molecule has 7 heteroatoms. The van der Waals surface area contributed by atoms with Crippen LogP contribution in [0.5, 0.6) is 0 Å². The lowest BCUT2D eigenvalue weighted by molar-refractivity contribution is 0.252. The van der Waals surface area contributed by atoms with Crippen LogP contribution < -0.4 is 20.4 Å². The van der Waals surface area contributed by atoms with Gasteiger partial charge in [-0.25, -0.2) is 4.79 Å². The number of piperazine rings is 1. The van der Waals surface area contributed by atoms with Crippen molar-refractivity contribution in [1.29, 1.82) is 0 Å². The molecular weight excluding hydrogens is 244 g/mol. The predicted molar refractivity (Wildman–Crippen MR) is 73.8 cm³/mol. The fraction of sp³-hybridized carbons (Fsp3) is 0.667. The Labute approximate surface area is 112 Å². The summed E-state index contributed by atoms with van der Waals surface area (Å²) in [5, 5.41) is 10.8. The molecular formula is C12H20N6O. The summed E-state index contributed by atoms with van der Waals surface area (Å²) in [4.78, 5) is 16.0. The number of amides is 2. The summed E-state index contributed by atoms with van der Waals surface area (Å²) in [6.07, 6.45) is 0. The zero-order valence-corrected chi connectivity index (χ0v) is 11.4. The number of urea groups is 1. The number of rotatable bonds is 2. The van der Waals surface area contributed by atoms with E-state index in [4.69, 9.17) is 0 Å². The van der Waals surface area contributed by atoms with E-state index in [1.807, 2.05) is 18.7 Å². The van der Waals surface area contributed by atoms with Crippen LogP contribution >= 0.6 is 0 Å². The molecule has 2 N–H and O–H groups in total. The topological polar surface area (TPSA) is 65.4 Å². The van der Waals surface area contributed by atoms with Gasteiger partial charge in [0, 0.05) is 46.3 Å². The molecule has 7 nitrogen and oxygen atoms in total. The maximum Gasteiger partial charge on any atom is 0.322 e. The molecule has 3 rings (SSSR count). The van der Waals surface area contributed by atoms with Crippen molar-refractivity contribution in [1.82, 2.24) is 20.4 Å². The van der Waals surface area contributed by atoms with Crippen LogP contribution in [0.2, 0.25) is 0 Å². The number of nitrogens with zero attached hydrogens (tertiary/aromatic N) is 4. The standard InChI is InChI=1S/C12H20N6O/c1-9-10(18-8-5-14-12(18)19)11(15-16(9)2)17-6-3-13-4-7-17/h13H,3-8H2,1-2H3,(H,14,19). The number of nitrogens with one attached hydrogen (secondary N) is 2. The maximum absolute atomic E-state index is 11.9. The third kappa shape index (κ3) is 2.03. The highest BCUT2D eigenvalue weighted by Crippen LogP contribution is 2.32. The van der Waals surface area contributed by atoms with Crippen molar-refractivity contribution in [3.05, 3.63) is 5.69 Å². The van der Waals surface area contributed by atoms with Crippen LogP contribution in [0.3, 0.4) is 0 Å². The number of carbonyl (C=O) groups excluding carboxylic acids is 1. The van der Waals surface area contributed by atoms with Crippen molar-refractivity contribution in [2.75, 3.05) is 49.1 Å². The van der Waals surface area contributed by atoms with E-state index in [0.717, 1.165) is 43.4 Å². The zero-order chi connectivity index (χ0) is 13.4. The van der Waals surface area contributed by atoms with Crippen LogP contribution in [0.25, 0.3) is 0 Å². The first-order valence-corrected chi connectivity index (χ1v) is 6.73. The van der Waals surface area contributed by atoms with Gasteiger partial charge in [-0.15, -0.1) is 0 Å². The minimum Gasteiger partial charge on any atom is -0.351 e. The van der Waals surface area contributed by atoms with Crippen molar-refractivity contribution in [3.63, 3.8) is 0 Å². The van der Waals surface area contributed by atoms with Gasteiger partial charge in [0.25, 0.3) is 0 Å². The third-order valence-corrected chi connectivity index (χ3v) is 3.83. The lowest BCUT2D eigenvalue weighted by Crippen LogP contribution is -2.44. The Kier molecular flexibility index (Phi) is 3.06. The van der Waals surface area contributed by atoms with Gasteiger partial charge in [0.1, 0.15) is 5.69 Å². The second kappa shape index (κ2) is 4.73. The molecule has 0 spiro atoms. The molecule has 2 fully saturated rings. The lowest BCUT2D eigenvalue weighted by atomic mass is 10.3. The van der Waals surface area contributed by atoms with Crippen molar-refractivity contribution < 1.29 is 4.79 Å². The van der Waals surface area contributed by atoms with Crippen LogP contribution in [0.15, 0.2) is 0 Å². The molecule has 2 aliphatic rings. The first-order chi connectivity index (χ1) is 9.18. The Morgan fingerprint density at radius 3 is 2.53 bits per heavy atom. The Bertz CT molecular complexity index is 491. The predicted octanol–water partition coefficient (Wildman–Crippen LogP) is -0.332. The van der Waals surface area contributed by atoms with Gasteiger partial charge >= 0.3 is 6.03 Å². The Morgan fingerprint density at radius 2 is 1.89 bits per heavy atom. The molecule has 3 heterocycles. The van der Waals surface area contributed by atoms with Gasteiger partial charge in [-0.1, -0.05) is 0 Å². The van der Waals surface area contributed by atoms with Gasteiger partial charge in [-0.05, 0) is 6.92 Å². The number of hydrogen-bond acceptors (Lipinski definition) is 4. The molecule has 0 unspecified atom stereocenters. The first-order valence-electron chi connectivity index (χ1n) is 6.73. The number of aromatic nitrogens is 2. The molecule has 0 radical (unpaired) electrons. The van der Waals surface area contributed by atoms with E-state index in [-0.39, 0.29) is 6.03 Å². The van der Waals surface area contributed by atoms with Crippen LogP contribution in [0.4, 0.5) is 16.3 Å². The molecule has 1 aromatic rings. The molecule has 0 saturated carbocycles. The average molecular weight is 264 g/mol. The summed E-state index contributed by atoms with van der Waals surface area (Å²) in [5.41, 5.74) is 1.99. The lowest BCUT2D eigenvalue weighted by Gasteiger charge is -2.29. The van der Waals surface area contributed by atoms with Crippen molar-refractivity contribution in [2.24, 2.45) is 7.05 Å². The first kappa shape index (κ1) is 12.3. The average Bonchev–Trinajstić information content (AvgIpc) is 2.96. The second-order valence-electron chi connectivity index (χ2n) is 5.00. The minimum atomic E-state index is -0.0208. The number of anilines is 2. The molecule has 0 aromatic carbocycles. The van der Waals surface area contributed by atoms with E-state index in [9.17, 15) is 4.79 Å². The summed E-state index contributed by atoms with van der Waals surface area (Å²) in [7, 11) is 1.93. The monoisotopic (exact) mass is 264 g/mol. The summed E-state index contributed by atoms with van der Waals surface area (Å²) in [5.74, 6) is 0.929. The molecule has 0 atom stereocenters. The molecule has 19 heavy (non-hydrogen) atoms. The summed E-state index contributed by atoms with van der Waals surface area (Å²) in [6, 6.07) is -0.0208. The molecule has 0 aliphatic carbocycles. The van der Waals surface area contributed by atoms with Gasteiger partial charge < -0.3 is 15.5 Å². The Hall–Kier alpha value is -1.76. The number of aryl methyl sites for hydroxylation is 1. The Balaban J connectivity index is 1.99. The van der Waals surface area contributed by atoms with Gasteiger partial charge in [0.15, 0.2) is 5.82 Å². The van der Waals surface area contributed by atoms with Crippen LogP contribution in [0, 0.1) is 6.92 Å². The summed E-state index contributed by atoms with van der Waals surface area (Å²) >= 11 is 0. The molecule has 2 saturated heterocycles. The number of hydrogen-bond donors (Lipinski definition) is 2. The fourth-order valence-corrected chi connectivity index (χ4v) is 2.67. The van der Waals surface area contributed by atoms with Gasteiger partial charge in [0.05, 0.1) is 5.69 Å². The van der Waals surface area contributed by atoms with Gasteiger partial charge in [-0.3, -0.25) is 9.58 Å². The fourth-order valence-electron chi connectivity index (χ4n) is 2.67. The molecule has 2 aliphatic heterocycles. The van der Waals surface area contributed by atoms with E-state index in [1.54, 1.807) is 4.90 Å². The Morgan fingerprint density at radius 1 is 1.16 bits per heavy atom. The normalized spacial score (nSPS) is 20.0. The zero-order valence-electron chi connectivity index (χ0n) is 11.4. The molecule has 2 amide bonds. The van der Waals surface area contributed by atoms with Crippen LogP contribution in [0.1, 0.15) is 5.69 Å². The minimum absolute atomic E-state index is 0.0208. The van der Waals surface area contributed by atoms with Crippen LogP contribution in [-0.2, 0) is 7.05 Å². The van der Waals surface area contributed by atoms with Crippen molar-refractivity contribution >= 4 is 17.5 Å². The third-order valence-electron chi connectivity index (χ3n) is 3.83. The highest BCUT2D eigenvalue weighted by Gasteiger charge is 2.30. The molecule has 0 bridgehead atoms. The summed E-state index contributed by atoms with van der Waals surface area (Å²) < 4.78 is 1.86. The SMILES string of the molecule is Cc1c(N2CCNC2=O)c(N2CCNCC2)nn1C. The highest BCUT2D eigenvalue weighted by molar-refractivity contribution is 5.97.